The molecule has 1 amide bonds. The normalized spacial score (nSPS) is 25.0. The minimum Gasteiger partial charge on any atom is -0.444 e. The Morgan fingerprint density at radius 2 is 2.00 bits per heavy atom. The molecule has 0 saturated heterocycles. The van der Waals surface area contributed by atoms with Crippen molar-refractivity contribution in [1.29, 1.82) is 0 Å². The largest absolute Gasteiger partial charge is 0.444 e. The van der Waals surface area contributed by atoms with Crippen LogP contribution < -0.4 is 5.32 Å². The van der Waals surface area contributed by atoms with E-state index in [9.17, 15) is 4.79 Å². The number of alkyl carbamates (subject to hydrolysis) is 1. The molecule has 1 aliphatic carbocycles. The molecule has 1 N–H and O–H groups in total. The molecular formula is C12H23NO2. The van der Waals surface area contributed by atoms with Crippen LogP contribution in [0.1, 0.15) is 53.9 Å². The van der Waals surface area contributed by atoms with Crippen molar-refractivity contribution in [2.45, 2.75) is 65.5 Å². The van der Waals surface area contributed by atoms with Gasteiger partial charge in [-0.1, -0.05) is 13.8 Å². The van der Waals surface area contributed by atoms with Crippen molar-refractivity contribution in [1.82, 2.24) is 5.32 Å². The van der Waals surface area contributed by atoms with Crippen molar-refractivity contribution in [2.75, 3.05) is 0 Å². The second kappa shape index (κ2) is 4.03. The Hall–Kier alpha value is -0.730. The number of carbonyl (C=O) groups is 1. The number of carbonyl (C=O) groups excluding carboxylic acids is 1. The van der Waals surface area contributed by atoms with Crippen LogP contribution in [0.15, 0.2) is 0 Å². The number of ether oxygens (including phenoxy) is 1. The molecular weight excluding hydrogens is 190 g/mol. The Labute approximate surface area is 92.6 Å². The number of hydrogen-bond donors (Lipinski definition) is 1. The van der Waals surface area contributed by atoms with Gasteiger partial charge in [-0.2, -0.15) is 0 Å². The second-order valence-electron chi connectivity index (χ2n) is 6.25. The number of nitrogens with one attached hydrogen (secondary N) is 1. The summed E-state index contributed by atoms with van der Waals surface area (Å²) in [6.45, 7) is 10.1. The smallest absolute Gasteiger partial charge is 0.407 e. The molecule has 0 radical (unpaired) electrons. The third-order valence-electron chi connectivity index (χ3n) is 2.69. The Balaban J connectivity index is 2.34. The van der Waals surface area contributed by atoms with Crippen molar-refractivity contribution in [3.8, 4) is 0 Å². The van der Waals surface area contributed by atoms with Crippen molar-refractivity contribution < 1.29 is 9.53 Å². The molecule has 0 spiro atoms. The van der Waals surface area contributed by atoms with Gasteiger partial charge in [0.1, 0.15) is 5.60 Å². The molecule has 1 unspecified atom stereocenters. The fraction of sp³-hybridized carbons (Fsp3) is 0.917. The van der Waals surface area contributed by atoms with Gasteiger partial charge >= 0.3 is 6.09 Å². The minimum atomic E-state index is -0.405. The molecule has 0 aromatic rings. The molecule has 0 aromatic heterocycles. The first-order valence-corrected chi connectivity index (χ1v) is 5.67. The van der Waals surface area contributed by atoms with Crippen LogP contribution in [0.25, 0.3) is 0 Å². The van der Waals surface area contributed by atoms with Crippen molar-refractivity contribution in [3.05, 3.63) is 0 Å². The summed E-state index contributed by atoms with van der Waals surface area (Å²) in [6, 6.07) is 0.287. The molecule has 88 valence electrons. The summed E-state index contributed by atoms with van der Waals surface area (Å²) in [7, 11) is 0. The van der Waals surface area contributed by atoms with Gasteiger partial charge in [0.05, 0.1) is 0 Å². The first-order chi connectivity index (χ1) is 6.68. The first kappa shape index (κ1) is 12.3. The second-order valence-corrected chi connectivity index (χ2v) is 6.25. The lowest BCUT2D eigenvalue weighted by atomic mass is 9.92. The predicted molar refractivity (Wildman–Crippen MR) is 60.8 cm³/mol. The number of amides is 1. The van der Waals surface area contributed by atoms with E-state index < -0.39 is 5.60 Å². The first-order valence-electron chi connectivity index (χ1n) is 5.67. The molecule has 1 saturated carbocycles. The van der Waals surface area contributed by atoms with Crippen LogP contribution in [0.2, 0.25) is 0 Å². The van der Waals surface area contributed by atoms with Gasteiger partial charge in [-0.15, -0.1) is 0 Å². The average molecular weight is 213 g/mol. The van der Waals surface area contributed by atoms with Crippen molar-refractivity contribution >= 4 is 6.09 Å². The summed E-state index contributed by atoms with van der Waals surface area (Å²) in [5.74, 6) is 0. The van der Waals surface area contributed by atoms with Crippen LogP contribution in [-0.2, 0) is 4.74 Å². The van der Waals surface area contributed by atoms with Crippen LogP contribution in [0, 0.1) is 5.41 Å². The van der Waals surface area contributed by atoms with Gasteiger partial charge in [-0.25, -0.2) is 4.79 Å². The van der Waals surface area contributed by atoms with E-state index in [1.165, 1.54) is 6.42 Å². The topological polar surface area (TPSA) is 38.3 Å². The van der Waals surface area contributed by atoms with Crippen LogP contribution >= 0.6 is 0 Å². The summed E-state index contributed by atoms with van der Waals surface area (Å²) < 4.78 is 5.22. The van der Waals surface area contributed by atoms with E-state index in [2.05, 4.69) is 19.2 Å². The Kier molecular flexibility index (Phi) is 3.31. The molecule has 0 bridgehead atoms. The van der Waals surface area contributed by atoms with E-state index in [0.717, 1.165) is 12.8 Å². The predicted octanol–water partition coefficient (Wildman–Crippen LogP) is 3.09. The Morgan fingerprint density at radius 1 is 1.40 bits per heavy atom. The van der Waals surface area contributed by atoms with Crippen molar-refractivity contribution in [2.24, 2.45) is 5.41 Å². The fourth-order valence-corrected chi connectivity index (χ4v) is 2.03. The van der Waals surface area contributed by atoms with Gasteiger partial charge in [0, 0.05) is 6.04 Å². The molecule has 1 rings (SSSR count). The summed E-state index contributed by atoms with van der Waals surface area (Å²) >= 11 is 0. The zero-order valence-corrected chi connectivity index (χ0v) is 10.5. The molecule has 0 aromatic carbocycles. The highest BCUT2D eigenvalue weighted by Crippen LogP contribution is 2.36. The van der Waals surface area contributed by atoms with Crippen LogP contribution in [0.5, 0.6) is 0 Å². The van der Waals surface area contributed by atoms with E-state index in [0.29, 0.717) is 5.41 Å². The molecule has 1 aliphatic rings. The highest BCUT2D eigenvalue weighted by Gasteiger charge is 2.32. The maximum Gasteiger partial charge on any atom is 0.407 e. The van der Waals surface area contributed by atoms with Gasteiger partial charge in [-0.05, 0) is 45.4 Å². The fourth-order valence-electron chi connectivity index (χ4n) is 2.03. The zero-order chi connectivity index (χ0) is 11.7. The Morgan fingerprint density at radius 3 is 2.40 bits per heavy atom. The molecule has 0 aliphatic heterocycles. The highest BCUT2D eigenvalue weighted by atomic mass is 16.6. The monoisotopic (exact) mass is 213 g/mol. The average Bonchev–Trinajstić information content (AvgIpc) is 2.25. The van der Waals surface area contributed by atoms with Crippen LogP contribution in [0.4, 0.5) is 4.79 Å². The van der Waals surface area contributed by atoms with Crippen LogP contribution in [0.3, 0.4) is 0 Å². The highest BCUT2D eigenvalue weighted by molar-refractivity contribution is 5.68. The van der Waals surface area contributed by atoms with Gasteiger partial charge in [0.15, 0.2) is 0 Å². The van der Waals surface area contributed by atoms with E-state index in [4.69, 9.17) is 4.74 Å². The van der Waals surface area contributed by atoms with Crippen LogP contribution in [-0.4, -0.2) is 17.7 Å². The van der Waals surface area contributed by atoms with E-state index in [1.807, 2.05) is 20.8 Å². The third kappa shape index (κ3) is 4.54. The van der Waals surface area contributed by atoms with E-state index >= 15 is 0 Å². The maximum atomic E-state index is 11.5. The molecule has 1 fully saturated rings. The SMILES string of the molecule is CC1(C)CCC(NC(=O)OC(C)(C)C)C1. The third-order valence-corrected chi connectivity index (χ3v) is 2.69. The molecule has 0 heterocycles. The van der Waals surface area contributed by atoms with Gasteiger partial charge in [-0.3, -0.25) is 0 Å². The molecule has 15 heavy (non-hydrogen) atoms. The van der Waals surface area contributed by atoms with Gasteiger partial charge in [0.25, 0.3) is 0 Å². The maximum absolute atomic E-state index is 11.5. The Bertz CT molecular complexity index is 240. The van der Waals surface area contributed by atoms with E-state index in [-0.39, 0.29) is 12.1 Å². The number of rotatable bonds is 1. The molecule has 3 nitrogen and oxygen atoms in total. The van der Waals surface area contributed by atoms with Gasteiger partial charge in [0.2, 0.25) is 0 Å². The lowest BCUT2D eigenvalue weighted by molar-refractivity contribution is 0.0503. The summed E-state index contributed by atoms with van der Waals surface area (Å²) in [6.07, 6.45) is 3.00. The van der Waals surface area contributed by atoms with Crippen molar-refractivity contribution in [3.63, 3.8) is 0 Å². The van der Waals surface area contributed by atoms with E-state index in [1.54, 1.807) is 0 Å². The lowest BCUT2D eigenvalue weighted by Gasteiger charge is -2.22. The van der Waals surface area contributed by atoms with Gasteiger partial charge < -0.3 is 10.1 Å². The lowest BCUT2D eigenvalue weighted by Crippen LogP contribution is -2.38. The quantitative estimate of drug-likeness (QED) is 0.727. The molecule has 1 atom stereocenters. The minimum absolute atomic E-state index is 0.287. The summed E-state index contributed by atoms with van der Waals surface area (Å²) in [5, 5.41) is 2.93. The molecule has 3 heteroatoms. The number of hydrogen-bond acceptors (Lipinski definition) is 2. The zero-order valence-electron chi connectivity index (χ0n) is 10.5. The summed E-state index contributed by atoms with van der Waals surface area (Å²) in [4.78, 5) is 11.5. The standard InChI is InChI=1S/C12H23NO2/c1-11(2,3)15-10(14)13-9-6-7-12(4,5)8-9/h9H,6-8H2,1-5H3,(H,13,14). The summed E-state index contributed by atoms with van der Waals surface area (Å²) in [5.41, 5.74) is -0.0438.